The molecule has 1 aliphatic heterocycles. The molecule has 8 heteroatoms. The van der Waals surface area contributed by atoms with Crippen molar-refractivity contribution in [2.75, 3.05) is 12.3 Å². The van der Waals surface area contributed by atoms with Gasteiger partial charge in [-0.05, 0) is 31.2 Å². The number of amides is 2. The lowest BCUT2D eigenvalue weighted by Gasteiger charge is -2.12. The van der Waals surface area contributed by atoms with Crippen molar-refractivity contribution in [3.63, 3.8) is 0 Å². The Morgan fingerprint density at radius 1 is 1.42 bits per heavy atom. The Hall–Kier alpha value is -1.67. The Morgan fingerprint density at radius 2 is 2.19 bits per heavy atom. The van der Waals surface area contributed by atoms with Crippen molar-refractivity contribution in [1.29, 1.82) is 0 Å². The van der Waals surface area contributed by atoms with Gasteiger partial charge in [0.2, 0.25) is 11.8 Å². The Kier molecular flexibility index (Phi) is 5.82. The fourth-order valence-electron chi connectivity index (χ4n) is 3.08. The van der Waals surface area contributed by atoms with Gasteiger partial charge in [0.15, 0.2) is 5.16 Å². The van der Waals surface area contributed by atoms with Gasteiger partial charge >= 0.3 is 0 Å². The third-order valence-electron chi connectivity index (χ3n) is 4.80. The SMILES string of the molecule is CC[C@@H](C)Cc1c(C)sc2nc(SCC(=O)N3CCCC3=O)[nH]c(=O)c12. The van der Waals surface area contributed by atoms with Crippen LogP contribution in [0.2, 0.25) is 0 Å². The molecular formula is C18H23N3O3S2. The fourth-order valence-corrected chi connectivity index (χ4v) is 4.93. The lowest BCUT2D eigenvalue weighted by atomic mass is 9.98. The molecule has 0 aromatic carbocycles. The van der Waals surface area contributed by atoms with E-state index in [9.17, 15) is 14.4 Å². The maximum atomic E-state index is 12.6. The third-order valence-corrected chi connectivity index (χ3v) is 6.70. The van der Waals surface area contributed by atoms with Crippen LogP contribution in [-0.4, -0.2) is 39.0 Å². The number of rotatable bonds is 6. The average Bonchev–Trinajstić information content (AvgIpc) is 3.16. The van der Waals surface area contributed by atoms with Crippen molar-refractivity contribution in [3.8, 4) is 0 Å². The maximum Gasteiger partial charge on any atom is 0.260 e. The quantitative estimate of drug-likeness (QED) is 0.602. The number of hydrogen-bond donors (Lipinski definition) is 1. The highest BCUT2D eigenvalue weighted by Gasteiger charge is 2.26. The number of nitrogens with one attached hydrogen (secondary N) is 1. The van der Waals surface area contributed by atoms with Crippen LogP contribution in [0.15, 0.2) is 9.95 Å². The zero-order valence-corrected chi connectivity index (χ0v) is 16.9. The van der Waals surface area contributed by atoms with Gasteiger partial charge < -0.3 is 4.98 Å². The zero-order valence-electron chi connectivity index (χ0n) is 15.3. The van der Waals surface area contributed by atoms with E-state index in [4.69, 9.17) is 0 Å². The largest absolute Gasteiger partial charge is 0.301 e. The first-order chi connectivity index (χ1) is 12.4. The molecule has 0 aliphatic carbocycles. The number of aryl methyl sites for hydroxylation is 1. The molecule has 2 aromatic rings. The van der Waals surface area contributed by atoms with Crippen LogP contribution in [-0.2, 0) is 16.0 Å². The molecule has 2 aromatic heterocycles. The van der Waals surface area contributed by atoms with Gasteiger partial charge in [-0.15, -0.1) is 11.3 Å². The highest BCUT2D eigenvalue weighted by molar-refractivity contribution is 7.99. The molecule has 0 bridgehead atoms. The van der Waals surface area contributed by atoms with Gasteiger partial charge in [0.05, 0.1) is 11.1 Å². The fraction of sp³-hybridized carbons (Fsp3) is 0.556. The average molecular weight is 394 g/mol. The highest BCUT2D eigenvalue weighted by atomic mass is 32.2. The van der Waals surface area contributed by atoms with Gasteiger partial charge in [-0.3, -0.25) is 19.3 Å². The number of nitrogens with zero attached hydrogens (tertiary/aromatic N) is 2. The van der Waals surface area contributed by atoms with E-state index in [1.54, 1.807) is 0 Å². The van der Waals surface area contributed by atoms with Gasteiger partial charge in [0.1, 0.15) is 4.83 Å². The molecule has 0 unspecified atom stereocenters. The van der Waals surface area contributed by atoms with Crippen LogP contribution < -0.4 is 5.56 Å². The summed E-state index contributed by atoms with van der Waals surface area (Å²) in [6.07, 6.45) is 3.09. The normalized spacial score (nSPS) is 15.8. The standard InChI is InChI=1S/C18H23N3O3S2/c1-4-10(2)8-12-11(3)26-17-15(12)16(24)19-18(20-17)25-9-14(23)21-7-5-6-13(21)22/h10H,4-9H2,1-3H3,(H,19,20,24)/t10-/m1/s1. The lowest BCUT2D eigenvalue weighted by molar-refractivity contribution is -0.140. The number of likely N-dealkylation sites (tertiary alicyclic amines) is 1. The lowest BCUT2D eigenvalue weighted by Crippen LogP contribution is -2.33. The molecule has 6 nitrogen and oxygen atoms in total. The Labute approximate surface area is 160 Å². The van der Waals surface area contributed by atoms with Crippen LogP contribution in [0.1, 0.15) is 43.6 Å². The minimum absolute atomic E-state index is 0.101. The summed E-state index contributed by atoms with van der Waals surface area (Å²) >= 11 is 2.70. The summed E-state index contributed by atoms with van der Waals surface area (Å²) in [7, 11) is 0. The van der Waals surface area contributed by atoms with Crippen molar-refractivity contribution in [1.82, 2.24) is 14.9 Å². The molecule has 1 aliphatic rings. The van der Waals surface area contributed by atoms with Crippen molar-refractivity contribution in [2.45, 2.75) is 51.6 Å². The first kappa shape index (κ1) is 19.1. The first-order valence-electron chi connectivity index (χ1n) is 8.89. The number of carbonyl (C=O) groups excluding carboxylic acids is 2. The number of aromatic nitrogens is 2. The van der Waals surface area contributed by atoms with E-state index in [1.165, 1.54) is 28.0 Å². The Balaban J connectivity index is 1.80. The second-order valence-corrected chi connectivity index (χ2v) is 8.90. The molecule has 0 saturated carbocycles. The van der Waals surface area contributed by atoms with Crippen molar-refractivity contribution in [2.24, 2.45) is 5.92 Å². The minimum Gasteiger partial charge on any atom is -0.301 e. The Bertz CT molecular complexity index is 903. The molecule has 0 spiro atoms. The molecule has 0 radical (unpaired) electrons. The van der Waals surface area contributed by atoms with Crippen LogP contribution in [0.4, 0.5) is 0 Å². The molecular weight excluding hydrogens is 370 g/mol. The van der Waals surface area contributed by atoms with Gasteiger partial charge in [-0.1, -0.05) is 32.0 Å². The van der Waals surface area contributed by atoms with E-state index < -0.39 is 0 Å². The third kappa shape index (κ3) is 3.86. The number of aromatic amines is 1. The number of thioether (sulfide) groups is 1. The smallest absolute Gasteiger partial charge is 0.260 e. The number of H-pyrrole nitrogens is 1. The minimum atomic E-state index is -0.222. The van der Waals surface area contributed by atoms with Crippen molar-refractivity contribution < 1.29 is 9.59 Å². The summed E-state index contributed by atoms with van der Waals surface area (Å²) in [5.74, 6) is 0.274. The van der Waals surface area contributed by atoms with Gasteiger partial charge in [0, 0.05) is 17.8 Å². The molecule has 3 rings (SSSR count). The monoisotopic (exact) mass is 393 g/mol. The summed E-state index contributed by atoms with van der Waals surface area (Å²) in [5, 5.41) is 1.11. The van der Waals surface area contributed by atoms with E-state index in [0.29, 0.717) is 29.4 Å². The molecule has 1 atom stereocenters. The topological polar surface area (TPSA) is 83.1 Å². The number of fused-ring (bicyclic) bond motifs is 1. The van der Waals surface area contributed by atoms with Gasteiger partial charge in [-0.2, -0.15) is 0 Å². The summed E-state index contributed by atoms with van der Waals surface area (Å²) < 4.78 is 0. The summed E-state index contributed by atoms with van der Waals surface area (Å²) in [6, 6.07) is 0. The van der Waals surface area contributed by atoms with Crippen LogP contribution in [0.3, 0.4) is 0 Å². The highest BCUT2D eigenvalue weighted by Crippen LogP contribution is 2.30. The van der Waals surface area contributed by atoms with Gasteiger partial charge in [0.25, 0.3) is 5.56 Å². The van der Waals surface area contributed by atoms with E-state index in [1.807, 2.05) is 6.92 Å². The van der Waals surface area contributed by atoms with E-state index in [-0.39, 0.29) is 23.1 Å². The number of thiophene rings is 1. The molecule has 26 heavy (non-hydrogen) atoms. The summed E-state index contributed by atoms with van der Waals surface area (Å²) in [5.41, 5.74) is 0.938. The number of imide groups is 1. The molecule has 140 valence electrons. The van der Waals surface area contributed by atoms with Crippen molar-refractivity contribution in [3.05, 3.63) is 20.8 Å². The second-order valence-electron chi connectivity index (χ2n) is 6.74. The number of carbonyl (C=O) groups is 2. The molecule has 1 fully saturated rings. The summed E-state index contributed by atoms with van der Waals surface area (Å²) in [6.45, 7) is 6.84. The molecule has 1 N–H and O–H groups in total. The molecule has 1 saturated heterocycles. The molecule has 3 heterocycles. The first-order valence-corrected chi connectivity index (χ1v) is 10.7. The Morgan fingerprint density at radius 3 is 2.85 bits per heavy atom. The zero-order chi connectivity index (χ0) is 18.8. The van der Waals surface area contributed by atoms with Crippen LogP contribution in [0, 0.1) is 12.8 Å². The van der Waals surface area contributed by atoms with Crippen LogP contribution >= 0.6 is 23.1 Å². The van der Waals surface area contributed by atoms with Crippen LogP contribution in [0.25, 0.3) is 10.2 Å². The van der Waals surface area contributed by atoms with Crippen molar-refractivity contribution >= 4 is 45.1 Å². The second kappa shape index (κ2) is 7.92. The van der Waals surface area contributed by atoms with E-state index in [0.717, 1.165) is 34.5 Å². The van der Waals surface area contributed by atoms with Gasteiger partial charge in [-0.25, -0.2) is 4.98 Å². The maximum absolute atomic E-state index is 12.6. The van der Waals surface area contributed by atoms with E-state index >= 15 is 0 Å². The molecule has 2 amide bonds. The summed E-state index contributed by atoms with van der Waals surface area (Å²) in [4.78, 5) is 46.9. The van der Waals surface area contributed by atoms with E-state index in [2.05, 4.69) is 23.8 Å². The predicted octanol–water partition coefficient (Wildman–Crippen LogP) is 3.12. The van der Waals surface area contributed by atoms with Crippen LogP contribution in [0.5, 0.6) is 0 Å². The predicted molar refractivity (Wildman–Crippen MR) is 105 cm³/mol. The number of hydrogen-bond acceptors (Lipinski definition) is 6.